The summed E-state index contributed by atoms with van der Waals surface area (Å²) in [7, 11) is 0. The molecule has 0 saturated carbocycles. The van der Waals surface area contributed by atoms with Gasteiger partial charge in [-0.05, 0) is 11.1 Å². The second-order valence-corrected chi connectivity index (χ2v) is 7.95. The number of hydrogen-bond acceptors (Lipinski definition) is 5. The Morgan fingerprint density at radius 1 is 1.07 bits per heavy atom. The first-order valence-corrected chi connectivity index (χ1v) is 10.2. The van der Waals surface area contributed by atoms with Crippen molar-refractivity contribution in [2.24, 2.45) is 0 Å². The number of ether oxygens (including phenoxy) is 1. The number of rotatable bonds is 7. The van der Waals surface area contributed by atoms with Crippen LogP contribution < -0.4 is 5.32 Å². The monoisotopic (exact) mass is 393 g/mol. The Kier molecular flexibility index (Phi) is 6.11. The van der Waals surface area contributed by atoms with Gasteiger partial charge in [-0.15, -0.1) is 11.3 Å². The minimum Gasteiger partial charge on any atom is -0.367 e. The maximum atomic E-state index is 12.1. The van der Waals surface area contributed by atoms with E-state index in [9.17, 15) is 4.79 Å². The fourth-order valence-corrected chi connectivity index (χ4v) is 4.34. The molecule has 1 aromatic heterocycles. The number of anilines is 1. The maximum Gasteiger partial charge on any atom is 0.252 e. The number of thiazole rings is 1. The Hall–Kier alpha value is -2.54. The Morgan fingerprint density at radius 2 is 1.79 bits per heavy atom. The molecule has 1 N–H and O–H groups in total. The summed E-state index contributed by atoms with van der Waals surface area (Å²) < 4.78 is 5.50. The molecule has 2 heterocycles. The van der Waals surface area contributed by atoms with Crippen LogP contribution in [-0.2, 0) is 35.6 Å². The number of carbonyl (C=O) groups excluding carboxylic acids is 1. The van der Waals surface area contributed by atoms with Crippen molar-refractivity contribution in [2.75, 3.05) is 18.5 Å². The van der Waals surface area contributed by atoms with E-state index in [0.29, 0.717) is 11.7 Å². The van der Waals surface area contributed by atoms with Gasteiger partial charge in [-0.1, -0.05) is 60.7 Å². The van der Waals surface area contributed by atoms with Crippen LogP contribution in [0.4, 0.5) is 5.13 Å². The van der Waals surface area contributed by atoms with Gasteiger partial charge in [0.1, 0.15) is 6.61 Å². The third-order valence-corrected chi connectivity index (χ3v) is 5.65. The number of nitrogens with one attached hydrogen (secondary N) is 1. The van der Waals surface area contributed by atoms with Crippen LogP contribution in [0.2, 0.25) is 0 Å². The minimum absolute atomic E-state index is 0.0271. The number of hydrogen-bond donors (Lipinski definition) is 1. The zero-order chi connectivity index (χ0) is 19.2. The summed E-state index contributed by atoms with van der Waals surface area (Å²) in [5.41, 5.74) is 3.48. The molecule has 0 atom stereocenters. The first-order chi connectivity index (χ1) is 13.8. The van der Waals surface area contributed by atoms with E-state index in [4.69, 9.17) is 4.74 Å². The van der Waals surface area contributed by atoms with Gasteiger partial charge in [0.2, 0.25) is 0 Å². The number of carbonyl (C=O) groups is 1. The van der Waals surface area contributed by atoms with E-state index in [-0.39, 0.29) is 12.5 Å². The Balaban J connectivity index is 1.27. The molecule has 6 heteroatoms. The second-order valence-electron chi connectivity index (χ2n) is 6.86. The van der Waals surface area contributed by atoms with Crippen LogP contribution in [0, 0.1) is 0 Å². The molecule has 0 unspecified atom stereocenters. The van der Waals surface area contributed by atoms with Gasteiger partial charge in [-0.25, -0.2) is 4.98 Å². The molecular formula is C22H23N3O2S. The summed E-state index contributed by atoms with van der Waals surface area (Å²) in [6.45, 7) is 3.25. The fourth-order valence-electron chi connectivity index (χ4n) is 3.27. The quantitative estimate of drug-likeness (QED) is 0.662. The summed E-state index contributed by atoms with van der Waals surface area (Å²) >= 11 is 1.57. The molecule has 144 valence electrons. The maximum absolute atomic E-state index is 12.1. The first-order valence-electron chi connectivity index (χ1n) is 9.42. The van der Waals surface area contributed by atoms with Crippen LogP contribution in [0.15, 0.2) is 60.7 Å². The molecule has 0 bridgehead atoms. The van der Waals surface area contributed by atoms with Crippen LogP contribution in [0.25, 0.3) is 0 Å². The second kappa shape index (κ2) is 9.10. The summed E-state index contributed by atoms with van der Waals surface area (Å²) in [6.07, 6.45) is 0.916. The summed E-state index contributed by atoms with van der Waals surface area (Å²) in [6, 6.07) is 20.3. The molecule has 0 spiro atoms. The van der Waals surface area contributed by atoms with Gasteiger partial charge in [0, 0.05) is 30.9 Å². The molecule has 0 saturated heterocycles. The van der Waals surface area contributed by atoms with Gasteiger partial charge >= 0.3 is 0 Å². The molecule has 5 nitrogen and oxygen atoms in total. The normalized spacial score (nSPS) is 13.9. The lowest BCUT2D eigenvalue weighted by Crippen LogP contribution is -2.29. The Labute approximate surface area is 169 Å². The van der Waals surface area contributed by atoms with Crippen molar-refractivity contribution in [3.05, 3.63) is 82.4 Å². The Bertz CT molecular complexity index is 912. The molecule has 1 amide bonds. The molecule has 3 aromatic rings. The third-order valence-electron chi connectivity index (χ3n) is 4.65. The minimum atomic E-state index is -0.164. The van der Waals surface area contributed by atoms with Gasteiger partial charge in [0.25, 0.3) is 5.91 Å². The fraction of sp³-hybridized carbons (Fsp3) is 0.273. The molecule has 0 radical (unpaired) electrons. The first kappa shape index (κ1) is 18.8. The highest BCUT2D eigenvalue weighted by Crippen LogP contribution is 2.29. The van der Waals surface area contributed by atoms with Gasteiger partial charge in [0.05, 0.1) is 12.3 Å². The van der Waals surface area contributed by atoms with Gasteiger partial charge in [-0.3, -0.25) is 15.0 Å². The van der Waals surface area contributed by atoms with Crippen molar-refractivity contribution < 1.29 is 9.53 Å². The SMILES string of the molecule is O=C(COCc1ccccc1)Nc1nc2c(s1)CN(Cc1ccccc1)CC2. The van der Waals surface area contributed by atoms with Crippen LogP contribution >= 0.6 is 11.3 Å². The highest BCUT2D eigenvalue weighted by atomic mass is 32.1. The van der Waals surface area contributed by atoms with E-state index in [2.05, 4.69) is 39.5 Å². The van der Waals surface area contributed by atoms with Crippen LogP contribution in [0.3, 0.4) is 0 Å². The molecule has 0 fully saturated rings. The van der Waals surface area contributed by atoms with E-state index in [0.717, 1.165) is 37.3 Å². The smallest absolute Gasteiger partial charge is 0.252 e. The van der Waals surface area contributed by atoms with E-state index < -0.39 is 0 Å². The molecular weight excluding hydrogens is 370 g/mol. The van der Waals surface area contributed by atoms with Gasteiger partial charge < -0.3 is 4.74 Å². The van der Waals surface area contributed by atoms with Crippen LogP contribution in [0.5, 0.6) is 0 Å². The highest BCUT2D eigenvalue weighted by Gasteiger charge is 2.21. The predicted octanol–water partition coefficient (Wildman–Crippen LogP) is 3.86. The topological polar surface area (TPSA) is 54.5 Å². The lowest BCUT2D eigenvalue weighted by atomic mass is 10.1. The Morgan fingerprint density at radius 3 is 2.54 bits per heavy atom. The molecule has 4 rings (SSSR count). The zero-order valence-corrected chi connectivity index (χ0v) is 16.5. The number of aromatic nitrogens is 1. The van der Waals surface area contributed by atoms with Crippen molar-refractivity contribution in [1.82, 2.24) is 9.88 Å². The number of benzene rings is 2. The predicted molar refractivity (Wildman–Crippen MR) is 111 cm³/mol. The summed E-state index contributed by atoms with van der Waals surface area (Å²) in [5, 5.41) is 3.54. The number of nitrogens with zero attached hydrogens (tertiary/aromatic N) is 2. The van der Waals surface area contributed by atoms with E-state index in [1.54, 1.807) is 11.3 Å². The average Bonchev–Trinajstić information content (AvgIpc) is 3.11. The van der Waals surface area contributed by atoms with Crippen molar-refractivity contribution in [3.8, 4) is 0 Å². The van der Waals surface area contributed by atoms with Crippen LogP contribution in [-0.4, -0.2) is 28.9 Å². The summed E-state index contributed by atoms with van der Waals surface area (Å²) in [4.78, 5) is 20.4. The average molecular weight is 394 g/mol. The van der Waals surface area contributed by atoms with Crippen molar-refractivity contribution in [2.45, 2.75) is 26.1 Å². The number of fused-ring (bicyclic) bond motifs is 1. The lowest BCUT2D eigenvalue weighted by Gasteiger charge is -2.25. The van der Waals surface area contributed by atoms with E-state index in [1.807, 2.05) is 36.4 Å². The molecule has 1 aliphatic rings. The zero-order valence-electron chi connectivity index (χ0n) is 15.6. The van der Waals surface area contributed by atoms with Crippen molar-refractivity contribution >= 4 is 22.4 Å². The van der Waals surface area contributed by atoms with Crippen molar-refractivity contribution in [3.63, 3.8) is 0 Å². The van der Waals surface area contributed by atoms with Gasteiger partial charge in [0.15, 0.2) is 5.13 Å². The third kappa shape index (κ3) is 5.04. The largest absolute Gasteiger partial charge is 0.367 e. The molecule has 1 aliphatic heterocycles. The standard InChI is InChI=1S/C22H23N3O2S/c26-21(16-27-15-18-9-5-2-6-10-18)24-22-23-19-11-12-25(14-20(19)28-22)13-17-7-3-1-4-8-17/h1-10H,11-16H2,(H,23,24,26). The van der Waals surface area contributed by atoms with E-state index >= 15 is 0 Å². The van der Waals surface area contributed by atoms with Crippen LogP contribution in [0.1, 0.15) is 21.7 Å². The lowest BCUT2D eigenvalue weighted by molar-refractivity contribution is -0.121. The molecule has 28 heavy (non-hydrogen) atoms. The number of amides is 1. The van der Waals surface area contributed by atoms with Crippen molar-refractivity contribution in [1.29, 1.82) is 0 Å². The van der Waals surface area contributed by atoms with Gasteiger partial charge in [-0.2, -0.15) is 0 Å². The van der Waals surface area contributed by atoms with E-state index in [1.165, 1.54) is 10.4 Å². The molecule has 0 aliphatic carbocycles. The molecule has 2 aromatic carbocycles. The summed E-state index contributed by atoms with van der Waals surface area (Å²) in [5.74, 6) is -0.164. The highest BCUT2D eigenvalue weighted by molar-refractivity contribution is 7.15.